The van der Waals surface area contributed by atoms with Gasteiger partial charge in [-0.1, -0.05) is 6.07 Å². The van der Waals surface area contributed by atoms with Crippen LogP contribution in [0.1, 0.15) is 33.3 Å². The molecule has 0 saturated heterocycles. The van der Waals surface area contributed by atoms with Crippen LogP contribution in [-0.4, -0.2) is 56.6 Å². The Morgan fingerprint density at radius 1 is 0.818 bits per heavy atom. The van der Waals surface area contributed by atoms with Crippen LogP contribution in [0.15, 0.2) is 18.2 Å². The lowest BCUT2D eigenvalue weighted by molar-refractivity contribution is -0.160. The highest BCUT2D eigenvalue weighted by Crippen LogP contribution is 2.31. The van der Waals surface area contributed by atoms with Crippen molar-refractivity contribution in [3.05, 3.63) is 23.8 Å². The van der Waals surface area contributed by atoms with Crippen LogP contribution in [0.2, 0.25) is 0 Å². The monoisotopic (exact) mass is 472 g/mol. The second-order valence-electron chi connectivity index (χ2n) is 6.38. The maximum Gasteiger partial charge on any atom is 0.513 e. The lowest BCUT2D eigenvalue weighted by Gasteiger charge is -2.26. The van der Waals surface area contributed by atoms with Gasteiger partial charge in [0.2, 0.25) is 6.79 Å². The van der Waals surface area contributed by atoms with Crippen molar-refractivity contribution in [2.45, 2.75) is 39.7 Å². The second kappa shape index (κ2) is 13.8. The highest BCUT2D eigenvalue weighted by molar-refractivity contribution is 5.81. The fourth-order valence-corrected chi connectivity index (χ4v) is 2.34. The molecule has 1 aromatic carbocycles. The molecule has 3 N–H and O–H groups in total. The number of carbonyl (C=O) groups excluding carboxylic acids is 4. The number of benzene rings is 1. The molecule has 0 heterocycles. The summed E-state index contributed by atoms with van der Waals surface area (Å²) in [6, 6.07) is 4.20. The van der Waals surface area contributed by atoms with Crippen molar-refractivity contribution >= 4 is 24.4 Å². The standard InChI is InChI=1S/C20H28N2O11/c1-5-27-17(24)31-12-30-16(23)20(4,22-21)11-13-8-9-14(32-18(25)28-6-2)15(10-13)33-19(26)29-7-3/h8-10,22H,5-7,11-12,21H2,1-4H3/t20-/m0/s1. The number of carbonyl (C=O) groups is 4. The van der Waals surface area contributed by atoms with Gasteiger partial charge in [0, 0.05) is 6.42 Å². The minimum absolute atomic E-state index is 0.0549. The van der Waals surface area contributed by atoms with Gasteiger partial charge in [-0.3, -0.25) is 5.84 Å². The van der Waals surface area contributed by atoms with E-state index in [0.717, 1.165) is 0 Å². The topological polar surface area (TPSA) is 171 Å². The molecule has 0 aromatic heterocycles. The number of esters is 1. The molecule has 13 nitrogen and oxygen atoms in total. The Balaban J connectivity index is 3.01. The van der Waals surface area contributed by atoms with Crippen LogP contribution in [0.5, 0.6) is 11.5 Å². The quantitative estimate of drug-likeness (QED) is 0.120. The van der Waals surface area contributed by atoms with Gasteiger partial charge in [-0.25, -0.2) is 24.6 Å². The summed E-state index contributed by atoms with van der Waals surface area (Å²) in [5.41, 5.74) is 1.32. The third-order valence-electron chi connectivity index (χ3n) is 3.87. The Morgan fingerprint density at radius 2 is 1.36 bits per heavy atom. The van der Waals surface area contributed by atoms with E-state index in [4.69, 9.17) is 29.5 Å². The van der Waals surface area contributed by atoms with Crippen LogP contribution >= 0.6 is 0 Å². The largest absolute Gasteiger partial charge is 0.513 e. The summed E-state index contributed by atoms with van der Waals surface area (Å²) in [4.78, 5) is 47.1. The van der Waals surface area contributed by atoms with Gasteiger partial charge in [-0.2, -0.15) is 0 Å². The summed E-state index contributed by atoms with van der Waals surface area (Å²) in [6.45, 7) is 5.76. The van der Waals surface area contributed by atoms with Crippen molar-refractivity contribution < 1.29 is 52.3 Å². The normalized spacial score (nSPS) is 12.0. The average molecular weight is 472 g/mol. The van der Waals surface area contributed by atoms with E-state index in [1.165, 1.54) is 25.1 Å². The van der Waals surface area contributed by atoms with E-state index >= 15 is 0 Å². The van der Waals surface area contributed by atoms with Gasteiger partial charge in [-0.15, -0.1) is 0 Å². The van der Waals surface area contributed by atoms with Crippen molar-refractivity contribution in [2.75, 3.05) is 26.6 Å². The maximum atomic E-state index is 12.5. The minimum atomic E-state index is -1.47. The van der Waals surface area contributed by atoms with Crippen LogP contribution in [0.4, 0.5) is 14.4 Å². The second-order valence-corrected chi connectivity index (χ2v) is 6.38. The first kappa shape index (κ1) is 27.5. The summed E-state index contributed by atoms with van der Waals surface area (Å²) in [7, 11) is 0. The summed E-state index contributed by atoms with van der Waals surface area (Å²) in [5, 5.41) is 0. The Morgan fingerprint density at radius 3 is 1.91 bits per heavy atom. The van der Waals surface area contributed by atoms with Crippen LogP contribution in [0, 0.1) is 0 Å². The zero-order valence-corrected chi connectivity index (χ0v) is 18.8. The molecule has 0 aliphatic heterocycles. The molecular formula is C20H28N2O11. The molecule has 0 unspecified atom stereocenters. The van der Waals surface area contributed by atoms with E-state index in [9.17, 15) is 19.2 Å². The third-order valence-corrected chi connectivity index (χ3v) is 3.87. The number of nitrogens with one attached hydrogen (secondary N) is 1. The van der Waals surface area contributed by atoms with Crippen molar-refractivity contribution in [3.63, 3.8) is 0 Å². The van der Waals surface area contributed by atoms with Crippen molar-refractivity contribution in [2.24, 2.45) is 5.84 Å². The van der Waals surface area contributed by atoms with Gasteiger partial charge in [0.1, 0.15) is 5.54 Å². The summed E-state index contributed by atoms with van der Waals surface area (Å²) in [6.07, 6.45) is -3.08. The first-order valence-corrected chi connectivity index (χ1v) is 9.95. The number of hydrazine groups is 1. The molecule has 13 heteroatoms. The fraction of sp³-hybridized carbons (Fsp3) is 0.500. The van der Waals surface area contributed by atoms with E-state index in [1.54, 1.807) is 20.8 Å². The van der Waals surface area contributed by atoms with Crippen LogP contribution < -0.4 is 20.7 Å². The van der Waals surface area contributed by atoms with Crippen molar-refractivity contribution in [1.29, 1.82) is 0 Å². The fourth-order valence-electron chi connectivity index (χ4n) is 2.34. The first-order valence-electron chi connectivity index (χ1n) is 9.95. The van der Waals surface area contributed by atoms with Gasteiger partial charge in [0.05, 0.1) is 19.8 Å². The Hall–Kier alpha value is -3.58. The summed E-state index contributed by atoms with van der Waals surface area (Å²) in [5.74, 6) is 4.44. The molecule has 1 atom stereocenters. The molecular weight excluding hydrogens is 444 g/mol. The van der Waals surface area contributed by atoms with E-state index < -0.39 is 36.8 Å². The summed E-state index contributed by atoms with van der Waals surface area (Å²) < 4.78 is 33.7. The number of hydrogen-bond acceptors (Lipinski definition) is 13. The molecule has 1 aromatic rings. The highest BCUT2D eigenvalue weighted by Gasteiger charge is 2.35. The molecule has 1 rings (SSSR count). The van der Waals surface area contributed by atoms with Crippen LogP contribution in [0.3, 0.4) is 0 Å². The molecule has 0 saturated carbocycles. The number of rotatable bonds is 11. The minimum Gasteiger partial charge on any atom is -0.435 e. The molecule has 0 aliphatic rings. The van der Waals surface area contributed by atoms with E-state index in [-0.39, 0.29) is 37.7 Å². The van der Waals surface area contributed by atoms with Gasteiger partial charge >= 0.3 is 24.4 Å². The predicted octanol–water partition coefficient (Wildman–Crippen LogP) is 2.20. The Labute approximate surface area is 190 Å². The zero-order valence-electron chi connectivity index (χ0n) is 18.8. The molecule has 0 spiro atoms. The maximum absolute atomic E-state index is 12.5. The Bertz CT molecular complexity index is 830. The van der Waals surface area contributed by atoms with E-state index in [1.807, 2.05) is 0 Å². The zero-order chi connectivity index (χ0) is 24.9. The van der Waals surface area contributed by atoms with E-state index in [2.05, 4.69) is 14.9 Å². The van der Waals surface area contributed by atoms with Crippen LogP contribution in [0.25, 0.3) is 0 Å². The van der Waals surface area contributed by atoms with Gasteiger partial charge in [0.25, 0.3) is 0 Å². The van der Waals surface area contributed by atoms with Crippen LogP contribution in [-0.2, 0) is 34.9 Å². The van der Waals surface area contributed by atoms with Gasteiger partial charge < -0.3 is 33.2 Å². The molecule has 184 valence electrons. The summed E-state index contributed by atoms with van der Waals surface area (Å²) >= 11 is 0. The number of hydrogen-bond donors (Lipinski definition) is 2. The smallest absolute Gasteiger partial charge is 0.435 e. The Kier molecular flexibility index (Phi) is 11.4. The van der Waals surface area contributed by atoms with Gasteiger partial charge in [0.15, 0.2) is 11.5 Å². The first-order chi connectivity index (χ1) is 15.7. The van der Waals surface area contributed by atoms with E-state index in [0.29, 0.717) is 5.56 Å². The van der Waals surface area contributed by atoms with Crippen molar-refractivity contribution in [1.82, 2.24) is 5.43 Å². The molecule has 0 radical (unpaired) electrons. The highest BCUT2D eigenvalue weighted by atomic mass is 16.8. The lowest BCUT2D eigenvalue weighted by atomic mass is 9.93. The molecule has 33 heavy (non-hydrogen) atoms. The third kappa shape index (κ3) is 9.21. The molecule has 0 bridgehead atoms. The van der Waals surface area contributed by atoms with Gasteiger partial charge in [-0.05, 0) is 45.4 Å². The average Bonchev–Trinajstić information content (AvgIpc) is 2.76. The number of ether oxygens (including phenoxy) is 7. The number of nitrogens with two attached hydrogens (primary N) is 1. The molecule has 0 aliphatic carbocycles. The van der Waals surface area contributed by atoms with Crippen molar-refractivity contribution in [3.8, 4) is 11.5 Å². The lowest BCUT2D eigenvalue weighted by Crippen LogP contribution is -2.55. The SMILES string of the molecule is CCOC(=O)OCOC(=O)[C@](C)(Cc1ccc(OC(=O)OCC)c(OC(=O)OCC)c1)NN. The predicted molar refractivity (Wildman–Crippen MR) is 110 cm³/mol. The molecule has 0 fully saturated rings. The molecule has 0 amide bonds.